The Balaban J connectivity index is 2.00. The van der Waals surface area contributed by atoms with Crippen LogP contribution in [0.4, 0.5) is 0 Å². The van der Waals surface area contributed by atoms with Gasteiger partial charge in [0.1, 0.15) is 17.1 Å². The van der Waals surface area contributed by atoms with Crippen LogP contribution >= 0.6 is 0 Å². The Kier molecular flexibility index (Phi) is 4.07. The molecule has 0 spiro atoms. The van der Waals surface area contributed by atoms with Crippen molar-refractivity contribution in [3.8, 4) is 11.5 Å². The molecule has 0 heterocycles. The number of ether oxygens (including phenoxy) is 2. The van der Waals surface area contributed by atoms with Crippen LogP contribution in [0, 0.1) is 5.92 Å². The van der Waals surface area contributed by atoms with E-state index in [1.54, 1.807) is 19.2 Å². The highest BCUT2D eigenvalue weighted by atomic mass is 16.5. The Morgan fingerprint density at radius 1 is 1.44 bits per heavy atom. The topological polar surface area (TPSA) is 55.8 Å². The molecule has 0 atom stereocenters. The lowest BCUT2D eigenvalue weighted by Gasteiger charge is -2.25. The lowest BCUT2D eigenvalue weighted by Crippen LogP contribution is -2.15. The summed E-state index contributed by atoms with van der Waals surface area (Å²) in [5.74, 6) is 0.778. The largest absolute Gasteiger partial charge is 0.497 e. The molecular formula is C14H18O4. The molecular weight excluding hydrogens is 232 g/mol. The first-order chi connectivity index (χ1) is 8.70. The fourth-order valence-electron chi connectivity index (χ4n) is 2.04. The molecule has 1 fully saturated rings. The number of hydrogen-bond acceptors (Lipinski definition) is 3. The minimum Gasteiger partial charge on any atom is -0.497 e. The van der Waals surface area contributed by atoms with E-state index in [1.165, 1.54) is 25.3 Å². The molecule has 1 aromatic rings. The van der Waals surface area contributed by atoms with Gasteiger partial charge in [-0.25, -0.2) is 4.79 Å². The molecule has 0 unspecified atom stereocenters. The average molecular weight is 250 g/mol. The van der Waals surface area contributed by atoms with E-state index in [9.17, 15) is 4.79 Å². The number of benzene rings is 1. The minimum absolute atomic E-state index is 0.185. The lowest BCUT2D eigenvalue weighted by molar-refractivity contribution is 0.0691. The van der Waals surface area contributed by atoms with Gasteiger partial charge in [0.15, 0.2) is 0 Å². The van der Waals surface area contributed by atoms with Crippen molar-refractivity contribution in [3.63, 3.8) is 0 Å². The second-order valence-corrected chi connectivity index (χ2v) is 4.60. The molecule has 4 nitrogen and oxygen atoms in total. The summed E-state index contributed by atoms with van der Waals surface area (Å²) >= 11 is 0. The minimum atomic E-state index is -0.976. The van der Waals surface area contributed by atoms with Crippen LogP contribution in [0.3, 0.4) is 0 Å². The Hall–Kier alpha value is -1.71. The molecule has 1 aliphatic carbocycles. The SMILES string of the molecule is COc1ccc(C(=O)O)c(OCCC2CCC2)c1. The van der Waals surface area contributed by atoms with Crippen molar-refractivity contribution in [1.29, 1.82) is 0 Å². The summed E-state index contributed by atoms with van der Waals surface area (Å²) in [4.78, 5) is 11.1. The van der Waals surface area contributed by atoms with Gasteiger partial charge in [0, 0.05) is 6.07 Å². The van der Waals surface area contributed by atoms with Gasteiger partial charge in [-0.3, -0.25) is 0 Å². The van der Waals surface area contributed by atoms with E-state index in [-0.39, 0.29) is 5.56 Å². The van der Waals surface area contributed by atoms with Crippen molar-refractivity contribution < 1.29 is 19.4 Å². The van der Waals surface area contributed by atoms with Crippen LogP contribution in [0.25, 0.3) is 0 Å². The average Bonchev–Trinajstić information content (AvgIpc) is 2.31. The van der Waals surface area contributed by atoms with Crippen LogP contribution in [-0.4, -0.2) is 24.8 Å². The second-order valence-electron chi connectivity index (χ2n) is 4.60. The Morgan fingerprint density at radius 3 is 2.78 bits per heavy atom. The molecule has 0 bridgehead atoms. The van der Waals surface area contributed by atoms with Crippen LogP contribution in [0.2, 0.25) is 0 Å². The number of carboxylic acid groups (broad SMARTS) is 1. The Labute approximate surface area is 107 Å². The summed E-state index contributed by atoms with van der Waals surface area (Å²) in [6.07, 6.45) is 4.85. The maximum absolute atomic E-state index is 11.1. The third-order valence-electron chi connectivity index (χ3n) is 3.43. The van der Waals surface area contributed by atoms with Crippen molar-refractivity contribution >= 4 is 5.97 Å². The zero-order valence-electron chi connectivity index (χ0n) is 10.5. The fraction of sp³-hybridized carbons (Fsp3) is 0.500. The number of rotatable bonds is 6. The van der Waals surface area contributed by atoms with Crippen molar-refractivity contribution in [2.45, 2.75) is 25.7 Å². The van der Waals surface area contributed by atoms with Gasteiger partial charge in [-0.1, -0.05) is 19.3 Å². The van der Waals surface area contributed by atoms with Gasteiger partial charge in [-0.05, 0) is 24.5 Å². The molecule has 0 aliphatic heterocycles. The number of methoxy groups -OCH3 is 1. The van der Waals surface area contributed by atoms with E-state index < -0.39 is 5.97 Å². The summed E-state index contributed by atoms with van der Waals surface area (Å²) < 4.78 is 10.7. The predicted octanol–water partition coefficient (Wildman–Crippen LogP) is 2.96. The molecule has 0 saturated heterocycles. The van der Waals surface area contributed by atoms with Crippen LogP contribution in [0.5, 0.6) is 11.5 Å². The quantitative estimate of drug-likeness (QED) is 0.843. The summed E-state index contributed by atoms with van der Waals surface area (Å²) in [5.41, 5.74) is 0.185. The van der Waals surface area contributed by atoms with E-state index in [1.807, 2.05) is 0 Å². The Morgan fingerprint density at radius 2 is 2.22 bits per heavy atom. The summed E-state index contributed by atoms with van der Waals surface area (Å²) in [5, 5.41) is 9.07. The monoisotopic (exact) mass is 250 g/mol. The van der Waals surface area contributed by atoms with E-state index in [0.29, 0.717) is 18.1 Å². The summed E-state index contributed by atoms with van der Waals surface area (Å²) in [6, 6.07) is 4.77. The first-order valence-electron chi connectivity index (χ1n) is 6.25. The van der Waals surface area contributed by atoms with Crippen molar-refractivity contribution in [2.75, 3.05) is 13.7 Å². The molecule has 98 valence electrons. The molecule has 0 radical (unpaired) electrons. The summed E-state index contributed by atoms with van der Waals surface area (Å²) in [6.45, 7) is 0.568. The van der Waals surface area contributed by atoms with Crippen LogP contribution in [0.15, 0.2) is 18.2 Å². The molecule has 1 aliphatic rings. The fourth-order valence-corrected chi connectivity index (χ4v) is 2.04. The molecule has 1 saturated carbocycles. The standard InChI is InChI=1S/C14H18O4/c1-17-11-5-6-12(14(15)16)13(9-11)18-8-7-10-3-2-4-10/h5-6,9-10H,2-4,7-8H2,1H3,(H,15,16). The molecule has 0 aromatic heterocycles. The lowest BCUT2D eigenvalue weighted by atomic mass is 9.83. The van der Waals surface area contributed by atoms with Gasteiger partial charge in [0.05, 0.1) is 13.7 Å². The number of hydrogen-bond donors (Lipinski definition) is 1. The van der Waals surface area contributed by atoms with Crippen LogP contribution < -0.4 is 9.47 Å². The van der Waals surface area contributed by atoms with Crippen LogP contribution in [0.1, 0.15) is 36.0 Å². The number of aromatic carboxylic acids is 1. The number of carbonyl (C=O) groups is 1. The van der Waals surface area contributed by atoms with Gasteiger partial charge in [-0.2, -0.15) is 0 Å². The van der Waals surface area contributed by atoms with Crippen molar-refractivity contribution in [2.24, 2.45) is 5.92 Å². The van der Waals surface area contributed by atoms with Gasteiger partial charge in [0.2, 0.25) is 0 Å². The molecule has 0 amide bonds. The zero-order valence-corrected chi connectivity index (χ0v) is 10.5. The molecule has 1 aromatic carbocycles. The van der Waals surface area contributed by atoms with Gasteiger partial charge >= 0.3 is 5.97 Å². The van der Waals surface area contributed by atoms with Crippen molar-refractivity contribution in [3.05, 3.63) is 23.8 Å². The normalized spacial score (nSPS) is 14.9. The Bertz CT molecular complexity index is 424. The van der Waals surface area contributed by atoms with Gasteiger partial charge in [-0.15, -0.1) is 0 Å². The third-order valence-corrected chi connectivity index (χ3v) is 3.43. The smallest absolute Gasteiger partial charge is 0.339 e. The third kappa shape index (κ3) is 2.94. The molecule has 1 N–H and O–H groups in total. The highest BCUT2D eigenvalue weighted by Crippen LogP contribution is 2.30. The maximum atomic E-state index is 11.1. The van der Waals surface area contributed by atoms with E-state index in [2.05, 4.69) is 0 Å². The first-order valence-corrected chi connectivity index (χ1v) is 6.25. The first kappa shape index (κ1) is 12.7. The van der Waals surface area contributed by atoms with E-state index in [0.717, 1.165) is 12.3 Å². The summed E-state index contributed by atoms with van der Waals surface area (Å²) in [7, 11) is 1.55. The van der Waals surface area contributed by atoms with Gasteiger partial charge in [0.25, 0.3) is 0 Å². The number of carboxylic acids is 1. The molecule has 4 heteroatoms. The molecule has 2 rings (SSSR count). The maximum Gasteiger partial charge on any atom is 0.339 e. The predicted molar refractivity (Wildman–Crippen MR) is 67.4 cm³/mol. The molecule has 18 heavy (non-hydrogen) atoms. The highest BCUT2D eigenvalue weighted by Gasteiger charge is 2.18. The zero-order chi connectivity index (χ0) is 13.0. The van der Waals surface area contributed by atoms with Gasteiger partial charge < -0.3 is 14.6 Å². The van der Waals surface area contributed by atoms with Crippen molar-refractivity contribution in [1.82, 2.24) is 0 Å². The van der Waals surface area contributed by atoms with Crippen LogP contribution in [-0.2, 0) is 0 Å². The highest BCUT2D eigenvalue weighted by molar-refractivity contribution is 5.91. The van der Waals surface area contributed by atoms with E-state index in [4.69, 9.17) is 14.6 Å². The second kappa shape index (κ2) is 5.76. The van der Waals surface area contributed by atoms with E-state index >= 15 is 0 Å².